The lowest BCUT2D eigenvalue weighted by molar-refractivity contribution is -0.120. The number of thiophene rings is 1. The Morgan fingerprint density at radius 2 is 2.09 bits per heavy atom. The molecule has 0 bridgehead atoms. The molecule has 1 saturated carbocycles. The number of fused-ring (bicyclic) bond motifs is 1. The SMILES string of the molecule is CC(C)N1CCc2c(sc(NC(=O)C3CCCCC3)c2C#N)C1. The summed E-state index contributed by atoms with van der Waals surface area (Å²) < 4.78 is 0. The summed E-state index contributed by atoms with van der Waals surface area (Å²) in [5, 5.41) is 13.4. The van der Waals surface area contributed by atoms with Gasteiger partial charge in [0.1, 0.15) is 11.1 Å². The van der Waals surface area contributed by atoms with Crippen molar-refractivity contribution in [1.82, 2.24) is 4.90 Å². The van der Waals surface area contributed by atoms with Crippen molar-refractivity contribution in [2.75, 3.05) is 11.9 Å². The average Bonchev–Trinajstić information content (AvgIpc) is 2.91. The van der Waals surface area contributed by atoms with E-state index < -0.39 is 0 Å². The third kappa shape index (κ3) is 3.44. The smallest absolute Gasteiger partial charge is 0.228 e. The fourth-order valence-electron chi connectivity index (χ4n) is 3.65. The standard InChI is InChI=1S/C18H25N3OS/c1-12(2)21-9-8-14-15(10-19)18(23-16(14)11-21)20-17(22)13-6-4-3-5-7-13/h12-13H,3-9,11H2,1-2H3,(H,20,22). The van der Waals surface area contributed by atoms with Gasteiger partial charge in [0.05, 0.1) is 5.56 Å². The van der Waals surface area contributed by atoms with Crippen LogP contribution in [0.25, 0.3) is 0 Å². The first-order chi connectivity index (χ1) is 11.1. The second kappa shape index (κ2) is 7.02. The van der Waals surface area contributed by atoms with E-state index in [1.165, 1.54) is 11.3 Å². The number of nitrogens with one attached hydrogen (secondary N) is 1. The Balaban J connectivity index is 1.78. The highest BCUT2D eigenvalue weighted by Gasteiger charge is 2.28. The number of nitrogens with zero attached hydrogens (tertiary/aromatic N) is 2. The van der Waals surface area contributed by atoms with Crippen LogP contribution in [0.1, 0.15) is 62.0 Å². The number of rotatable bonds is 3. The number of carbonyl (C=O) groups is 1. The average molecular weight is 331 g/mol. The van der Waals surface area contributed by atoms with Crippen LogP contribution in [0.4, 0.5) is 5.00 Å². The Morgan fingerprint density at radius 1 is 1.35 bits per heavy atom. The Hall–Kier alpha value is -1.38. The first-order valence-corrected chi connectivity index (χ1v) is 9.51. The summed E-state index contributed by atoms with van der Waals surface area (Å²) in [6.07, 6.45) is 6.42. The fourth-order valence-corrected chi connectivity index (χ4v) is 4.88. The van der Waals surface area contributed by atoms with Crippen molar-refractivity contribution < 1.29 is 4.79 Å². The third-order valence-electron chi connectivity index (χ3n) is 5.14. The van der Waals surface area contributed by atoms with E-state index in [0.29, 0.717) is 11.6 Å². The van der Waals surface area contributed by atoms with Crippen molar-refractivity contribution >= 4 is 22.2 Å². The van der Waals surface area contributed by atoms with E-state index in [4.69, 9.17) is 0 Å². The quantitative estimate of drug-likeness (QED) is 0.914. The Labute approximate surface area is 142 Å². The fraction of sp³-hybridized carbons (Fsp3) is 0.667. The molecule has 124 valence electrons. The van der Waals surface area contributed by atoms with Crippen molar-refractivity contribution in [2.24, 2.45) is 5.92 Å². The maximum Gasteiger partial charge on any atom is 0.228 e. The normalized spacial score (nSPS) is 19.4. The van der Waals surface area contributed by atoms with Gasteiger partial charge in [-0.25, -0.2) is 0 Å². The maximum absolute atomic E-state index is 12.5. The van der Waals surface area contributed by atoms with Crippen molar-refractivity contribution in [1.29, 1.82) is 5.26 Å². The Bertz CT molecular complexity index is 623. The van der Waals surface area contributed by atoms with Gasteiger partial charge >= 0.3 is 0 Å². The van der Waals surface area contributed by atoms with Crippen LogP contribution in [0, 0.1) is 17.2 Å². The molecule has 3 rings (SSSR count). The largest absolute Gasteiger partial charge is 0.316 e. The van der Waals surface area contributed by atoms with Crippen LogP contribution < -0.4 is 5.32 Å². The molecule has 0 atom stereocenters. The van der Waals surface area contributed by atoms with Crippen molar-refractivity contribution in [3.8, 4) is 6.07 Å². The van der Waals surface area contributed by atoms with Gasteiger partial charge in [0.15, 0.2) is 0 Å². The van der Waals surface area contributed by atoms with Gasteiger partial charge in [0.2, 0.25) is 5.91 Å². The minimum absolute atomic E-state index is 0.112. The first kappa shape index (κ1) is 16.5. The molecule has 0 saturated heterocycles. The summed E-state index contributed by atoms with van der Waals surface area (Å²) in [5.41, 5.74) is 1.87. The van der Waals surface area contributed by atoms with Crippen LogP contribution in [0.5, 0.6) is 0 Å². The van der Waals surface area contributed by atoms with Gasteiger partial charge in [0, 0.05) is 29.9 Å². The Morgan fingerprint density at radius 3 is 2.74 bits per heavy atom. The molecule has 1 aromatic heterocycles. The second-order valence-electron chi connectivity index (χ2n) is 6.96. The molecule has 1 N–H and O–H groups in total. The summed E-state index contributed by atoms with van der Waals surface area (Å²) in [4.78, 5) is 16.2. The lowest BCUT2D eigenvalue weighted by Crippen LogP contribution is -2.35. The van der Waals surface area contributed by atoms with Gasteiger partial charge in [-0.2, -0.15) is 5.26 Å². The van der Waals surface area contributed by atoms with E-state index in [1.54, 1.807) is 11.3 Å². The van der Waals surface area contributed by atoms with Crippen molar-refractivity contribution in [3.05, 3.63) is 16.0 Å². The molecule has 0 unspecified atom stereocenters. The van der Waals surface area contributed by atoms with Gasteiger partial charge in [-0.05, 0) is 38.7 Å². The van der Waals surface area contributed by atoms with E-state index in [0.717, 1.165) is 55.8 Å². The molecule has 2 heterocycles. The number of carbonyl (C=O) groups excluding carboxylic acids is 1. The first-order valence-electron chi connectivity index (χ1n) is 8.69. The zero-order valence-corrected chi connectivity index (χ0v) is 14.8. The molecule has 2 aliphatic rings. The van der Waals surface area contributed by atoms with E-state index in [-0.39, 0.29) is 11.8 Å². The lowest BCUT2D eigenvalue weighted by Gasteiger charge is -2.30. The predicted octanol–water partition coefficient (Wildman–Crippen LogP) is 3.91. The number of amides is 1. The van der Waals surface area contributed by atoms with Crippen molar-refractivity contribution in [3.63, 3.8) is 0 Å². The zero-order chi connectivity index (χ0) is 16.4. The van der Waals surface area contributed by atoms with E-state index in [2.05, 4.69) is 30.1 Å². The highest BCUT2D eigenvalue weighted by Crippen LogP contribution is 2.37. The van der Waals surface area contributed by atoms with Gasteiger partial charge < -0.3 is 5.32 Å². The van der Waals surface area contributed by atoms with E-state index in [9.17, 15) is 10.1 Å². The highest BCUT2D eigenvalue weighted by molar-refractivity contribution is 7.16. The molecular weight excluding hydrogens is 306 g/mol. The third-order valence-corrected chi connectivity index (χ3v) is 6.27. The summed E-state index contributed by atoms with van der Waals surface area (Å²) in [7, 11) is 0. The van der Waals surface area contributed by atoms with Gasteiger partial charge in [-0.15, -0.1) is 11.3 Å². The van der Waals surface area contributed by atoms with E-state index >= 15 is 0 Å². The van der Waals surface area contributed by atoms with Crippen LogP contribution in [0.3, 0.4) is 0 Å². The summed E-state index contributed by atoms with van der Waals surface area (Å²) in [5.74, 6) is 0.238. The summed E-state index contributed by atoms with van der Waals surface area (Å²) in [6, 6.07) is 2.84. The highest BCUT2D eigenvalue weighted by atomic mass is 32.1. The molecule has 1 fully saturated rings. The molecule has 1 amide bonds. The molecule has 1 aromatic rings. The molecule has 0 spiro atoms. The van der Waals surface area contributed by atoms with Crippen LogP contribution in [0.2, 0.25) is 0 Å². The monoisotopic (exact) mass is 331 g/mol. The van der Waals surface area contributed by atoms with Crippen LogP contribution in [-0.2, 0) is 17.8 Å². The second-order valence-corrected chi connectivity index (χ2v) is 8.06. The van der Waals surface area contributed by atoms with Crippen LogP contribution in [-0.4, -0.2) is 23.4 Å². The summed E-state index contributed by atoms with van der Waals surface area (Å²) >= 11 is 1.60. The molecule has 5 heteroatoms. The molecule has 1 aliphatic heterocycles. The number of anilines is 1. The minimum Gasteiger partial charge on any atom is -0.316 e. The number of hydrogen-bond acceptors (Lipinski definition) is 4. The lowest BCUT2D eigenvalue weighted by atomic mass is 9.88. The van der Waals surface area contributed by atoms with Gasteiger partial charge in [-0.1, -0.05) is 19.3 Å². The molecule has 4 nitrogen and oxygen atoms in total. The van der Waals surface area contributed by atoms with Crippen LogP contribution in [0.15, 0.2) is 0 Å². The Kier molecular flexibility index (Phi) is 5.03. The minimum atomic E-state index is 0.112. The molecule has 0 aromatic carbocycles. The van der Waals surface area contributed by atoms with Crippen LogP contribution >= 0.6 is 11.3 Å². The number of hydrogen-bond donors (Lipinski definition) is 1. The zero-order valence-electron chi connectivity index (χ0n) is 14.0. The molecule has 1 aliphatic carbocycles. The van der Waals surface area contributed by atoms with Crippen molar-refractivity contribution in [2.45, 2.75) is 65.0 Å². The maximum atomic E-state index is 12.5. The molecule has 0 radical (unpaired) electrons. The molecule has 23 heavy (non-hydrogen) atoms. The predicted molar refractivity (Wildman–Crippen MR) is 93.5 cm³/mol. The van der Waals surface area contributed by atoms with E-state index in [1.807, 2.05) is 0 Å². The number of nitriles is 1. The topological polar surface area (TPSA) is 56.1 Å². The summed E-state index contributed by atoms with van der Waals surface area (Å²) in [6.45, 7) is 6.29. The van der Waals surface area contributed by atoms with Gasteiger partial charge in [-0.3, -0.25) is 9.69 Å². The van der Waals surface area contributed by atoms with Gasteiger partial charge in [0.25, 0.3) is 0 Å². The molecular formula is C18H25N3OS.